The molecule has 0 aliphatic heterocycles. The van der Waals surface area contributed by atoms with Crippen LogP contribution in [0.3, 0.4) is 0 Å². The number of hydrogen-bond donors (Lipinski definition) is 2. The molecule has 0 spiro atoms. The molecule has 0 heterocycles. The second kappa shape index (κ2) is 6.93. The first-order chi connectivity index (χ1) is 7.65. The highest BCUT2D eigenvalue weighted by molar-refractivity contribution is 6.37. The molecule has 0 amide bonds. The van der Waals surface area contributed by atoms with Crippen molar-refractivity contribution >= 4 is 23.2 Å². The molecule has 4 nitrogen and oxygen atoms in total. The SMILES string of the molecule is CONCC(O)COc1c(Cl)cccc1Cl. The highest BCUT2D eigenvalue weighted by atomic mass is 35.5. The molecule has 1 aromatic carbocycles. The molecule has 0 saturated carbocycles. The third-order valence-electron chi connectivity index (χ3n) is 1.80. The zero-order valence-electron chi connectivity index (χ0n) is 8.74. The minimum atomic E-state index is -0.702. The van der Waals surface area contributed by atoms with E-state index in [1.807, 2.05) is 0 Å². The average molecular weight is 266 g/mol. The smallest absolute Gasteiger partial charge is 0.156 e. The molecule has 1 rings (SSSR count). The van der Waals surface area contributed by atoms with E-state index in [9.17, 15) is 5.11 Å². The summed E-state index contributed by atoms with van der Waals surface area (Å²) in [5, 5.41) is 10.3. The van der Waals surface area contributed by atoms with Gasteiger partial charge in [-0.25, -0.2) is 5.48 Å². The fourth-order valence-corrected chi connectivity index (χ4v) is 1.54. The summed E-state index contributed by atoms with van der Waals surface area (Å²) >= 11 is 11.8. The van der Waals surface area contributed by atoms with Crippen molar-refractivity contribution < 1.29 is 14.7 Å². The van der Waals surface area contributed by atoms with Crippen LogP contribution in [0.25, 0.3) is 0 Å². The number of hydroxylamine groups is 1. The fraction of sp³-hybridized carbons (Fsp3) is 0.400. The van der Waals surface area contributed by atoms with E-state index < -0.39 is 6.10 Å². The fourth-order valence-electron chi connectivity index (χ4n) is 1.04. The second-order valence-electron chi connectivity index (χ2n) is 3.07. The molecular weight excluding hydrogens is 253 g/mol. The number of halogens is 2. The van der Waals surface area contributed by atoms with Crippen LogP contribution in [-0.4, -0.2) is 31.5 Å². The van der Waals surface area contributed by atoms with E-state index in [1.54, 1.807) is 18.2 Å². The van der Waals surface area contributed by atoms with Crippen molar-refractivity contribution in [1.82, 2.24) is 5.48 Å². The summed E-state index contributed by atoms with van der Waals surface area (Å²) < 4.78 is 5.32. The number of para-hydroxylation sites is 1. The van der Waals surface area contributed by atoms with Crippen molar-refractivity contribution in [2.24, 2.45) is 0 Å². The number of rotatable bonds is 6. The van der Waals surface area contributed by atoms with Gasteiger partial charge in [0.2, 0.25) is 0 Å². The maximum atomic E-state index is 9.47. The molecule has 0 aromatic heterocycles. The minimum Gasteiger partial charge on any atom is -0.488 e. The molecule has 0 fully saturated rings. The van der Waals surface area contributed by atoms with Gasteiger partial charge in [-0.15, -0.1) is 0 Å². The zero-order valence-corrected chi connectivity index (χ0v) is 10.3. The molecule has 0 aliphatic carbocycles. The Morgan fingerprint density at radius 2 is 2.00 bits per heavy atom. The lowest BCUT2D eigenvalue weighted by atomic mass is 10.3. The van der Waals surface area contributed by atoms with Crippen LogP contribution >= 0.6 is 23.2 Å². The van der Waals surface area contributed by atoms with E-state index in [0.29, 0.717) is 15.8 Å². The lowest BCUT2D eigenvalue weighted by molar-refractivity contribution is 0.0322. The number of aliphatic hydroxyl groups excluding tert-OH is 1. The van der Waals surface area contributed by atoms with Crippen LogP contribution in [0.5, 0.6) is 5.75 Å². The Labute approximate surface area is 104 Å². The quantitative estimate of drug-likeness (QED) is 0.772. The third-order valence-corrected chi connectivity index (χ3v) is 2.40. The Morgan fingerprint density at radius 3 is 2.56 bits per heavy atom. The largest absolute Gasteiger partial charge is 0.488 e. The molecule has 90 valence electrons. The first kappa shape index (κ1) is 13.5. The Bertz CT molecular complexity index is 316. The molecule has 2 N–H and O–H groups in total. The Morgan fingerprint density at radius 1 is 1.38 bits per heavy atom. The Balaban J connectivity index is 2.48. The van der Waals surface area contributed by atoms with Crippen molar-refractivity contribution in [2.45, 2.75) is 6.10 Å². The van der Waals surface area contributed by atoms with Crippen molar-refractivity contribution in [1.29, 1.82) is 0 Å². The first-order valence-electron chi connectivity index (χ1n) is 4.66. The van der Waals surface area contributed by atoms with Gasteiger partial charge in [0.25, 0.3) is 0 Å². The van der Waals surface area contributed by atoms with Gasteiger partial charge in [-0.1, -0.05) is 29.3 Å². The van der Waals surface area contributed by atoms with Gasteiger partial charge in [0.05, 0.1) is 23.7 Å². The lowest BCUT2D eigenvalue weighted by Gasteiger charge is -2.14. The lowest BCUT2D eigenvalue weighted by Crippen LogP contribution is -2.30. The number of aliphatic hydroxyl groups is 1. The van der Waals surface area contributed by atoms with E-state index in [4.69, 9.17) is 27.9 Å². The highest BCUT2D eigenvalue weighted by Crippen LogP contribution is 2.32. The molecule has 0 aliphatic rings. The van der Waals surface area contributed by atoms with Gasteiger partial charge in [-0.05, 0) is 12.1 Å². The molecule has 0 bridgehead atoms. The maximum absolute atomic E-state index is 9.47. The van der Waals surface area contributed by atoms with E-state index in [-0.39, 0.29) is 13.2 Å². The summed E-state index contributed by atoms with van der Waals surface area (Å²) in [7, 11) is 1.47. The molecule has 0 saturated heterocycles. The average Bonchev–Trinajstić information content (AvgIpc) is 2.25. The minimum absolute atomic E-state index is 0.0831. The molecule has 1 aromatic rings. The standard InChI is InChI=1S/C10H13Cl2NO3/c1-15-13-5-7(14)6-16-10-8(11)3-2-4-9(10)12/h2-4,7,13-14H,5-6H2,1H3. The van der Waals surface area contributed by atoms with Crippen LogP contribution in [0.15, 0.2) is 18.2 Å². The Kier molecular flexibility index (Phi) is 5.87. The van der Waals surface area contributed by atoms with Gasteiger partial charge < -0.3 is 14.7 Å². The molecule has 0 radical (unpaired) electrons. The zero-order chi connectivity index (χ0) is 12.0. The molecule has 1 unspecified atom stereocenters. The van der Waals surface area contributed by atoms with Crippen molar-refractivity contribution in [3.05, 3.63) is 28.2 Å². The van der Waals surface area contributed by atoms with Gasteiger partial charge >= 0.3 is 0 Å². The molecule has 16 heavy (non-hydrogen) atoms. The maximum Gasteiger partial charge on any atom is 0.156 e. The van der Waals surface area contributed by atoms with Gasteiger partial charge in [0, 0.05) is 0 Å². The monoisotopic (exact) mass is 265 g/mol. The van der Waals surface area contributed by atoms with Crippen LogP contribution < -0.4 is 10.2 Å². The van der Waals surface area contributed by atoms with Crippen LogP contribution in [0.1, 0.15) is 0 Å². The van der Waals surface area contributed by atoms with Gasteiger partial charge in [0.15, 0.2) is 5.75 Å². The van der Waals surface area contributed by atoms with Crippen LogP contribution in [0, 0.1) is 0 Å². The van der Waals surface area contributed by atoms with Crippen molar-refractivity contribution in [3.8, 4) is 5.75 Å². The summed E-state index contributed by atoms with van der Waals surface area (Å²) in [6.07, 6.45) is -0.702. The van der Waals surface area contributed by atoms with E-state index >= 15 is 0 Å². The number of ether oxygens (including phenoxy) is 1. The highest BCUT2D eigenvalue weighted by Gasteiger charge is 2.10. The van der Waals surface area contributed by atoms with E-state index in [0.717, 1.165) is 0 Å². The third kappa shape index (κ3) is 4.15. The van der Waals surface area contributed by atoms with Gasteiger partial charge in [-0.3, -0.25) is 0 Å². The van der Waals surface area contributed by atoms with Crippen molar-refractivity contribution in [2.75, 3.05) is 20.3 Å². The number of nitrogens with one attached hydrogen (secondary N) is 1. The summed E-state index contributed by atoms with van der Waals surface area (Å²) in [6, 6.07) is 5.06. The first-order valence-corrected chi connectivity index (χ1v) is 5.41. The van der Waals surface area contributed by atoms with Crippen LogP contribution in [0.4, 0.5) is 0 Å². The topological polar surface area (TPSA) is 50.7 Å². The summed E-state index contributed by atoms with van der Waals surface area (Å²) in [5.74, 6) is 0.377. The van der Waals surface area contributed by atoms with Crippen LogP contribution in [-0.2, 0) is 4.84 Å². The van der Waals surface area contributed by atoms with Gasteiger partial charge in [-0.2, -0.15) is 0 Å². The molecule has 1 atom stereocenters. The summed E-state index contributed by atoms with van der Waals surface area (Å²) in [4.78, 5) is 4.59. The second-order valence-corrected chi connectivity index (χ2v) is 3.88. The van der Waals surface area contributed by atoms with Crippen molar-refractivity contribution in [3.63, 3.8) is 0 Å². The molecular formula is C10H13Cl2NO3. The predicted octanol–water partition coefficient (Wildman–Crippen LogP) is 1.88. The van der Waals surface area contributed by atoms with Crippen LogP contribution in [0.2, 0.25) is 10.0 Å². The summed E-state index contributed by atoms with van der Waals surface area (Å²) in [6.45, 7) is 0.346. The number of hydrogen-bond acceptors (Lipinski definition) is 4. The predicted molar refractivity (Wildman–Crippen MR) is 63.0 cm³/mol. The summed E-state index contributed by atoms with van der Waals surface area (Å²) in [5.41, 5.74) is 2.52. The Hall–Kier alpha value is -0.520. The van der Waals surface area contributed by atoms with Gasteiger partial charge in [0.1, 0.15) is 12.7 Å². The molecule has 6 heteroatoms. The van der Waals surface area contributed by atoms with E-state index in [2.05, 4.69) is 10.3 Å². The normalized spacial score (nSPS) is 12.5. The van der Waals surface area contributed by atoms with E-state index in [1.165, 1.54) is 7.11 Å². The number of benzene rings is 1.